The highest BCUT2D eigenvalue weighted by Crippen LogP contribution is 2.02. The third kappa shape index (κ3) is 20.7. The van der Waals surface area contributed by atoms with Crippen molar-refractivity contribution in [2.24, 2.45) is 0 Å². The fraction of sp³-hybridized carbons (Fsp3) is 0.733. The smallest absolute Gasteiger partial charge is 0.407 e. The maximum Gasteiger partial charge on any atom is 0.407 e. The van der Waals surface area contributed by atoms with Gasteiger partial charge < -0.3 is 38.5 Å². The molecule has 42 heavy (non-hydrogen) atoms. The van der Waals surface area contributed by atoms with Gasteiger partial charge in [0.2, 0.25) is 0 Å². The van der Waals surface area contributed by atoms with Crippen molar-refractivity contribution in [3.8, 4) is 0 Å². The molecule has 0 radical (unpaired) electrons. The van der Waals surface area contributed by atoms with E-state index in [2.05, 4.69) is 15.1 Å². The first-order chi connectivity index (χ1) is 20.6. The summed E-state index contributed by atoms with van der Waals surface area (Å²) in [4.78, 5) is 27.3. The number of benzene rings is 1. The van der Waals surface area contributed by atoms with Crippen LogP contribution >= 0.6 is 0 Å². The molecule has 1 aromatic rings. The monoisotopic (exact) mass is 597 g/mol. The molecule has 0 aliphatic carbocycles. The van der Waals surface area contributed by atoms with E-state index in [1.165, 1.54) is 0 Å². The highest BCUT2D eigenvalue weighted by molar-refractivity contribution is 5.75. The number of Topliss-reactive ketones (excluding diaryl/α,β-unsaturated/α-hetero) is 1. The molecule has 240 valence electrons. The van der Waals surface area contributed by atoms with Crippen LogP contribution in [0.25, 0.3) is 0 Å². The average molecular weight is 598 g/mol. The number of ketones is 1. The molecule has 1 fully saturated rings. The molecule has 1 saturated heterocycles. The van der Waals surface area contributed by atoms with Crippen LogP contribution in [-0.4, -0.2) is 147 Å². The lowest BCUT2D eigenvalue weighted by Crippen LogP contribution is -2.48. The molecular formula is C30H51N3O9. The molecule has 0 spiro atoms. The summed E-state index contributed by atoms with van der Waals surface area (Å²) in [5, 5.41) is 2.67. The van der Waals surface area contributed by atoms with Crippen molar-refractivity contribution in [1.82, 2.24) is 15.1 Å². The van der Waals surface area contributed by atoms with E-state index >= 15 is 0 Å². The van der Waals surface area contributed by atoms with Crippen LogP contribution in [0.2, 0.25) is 0 Å². The quantitative estimate of drug-likeness (QED) is 0.157. The lowest BCUT2D eigenvalue weighted by Gasteiger charge is -2.34. The van der Waals surface area contributed by atoms with Crippen molar-refractivity contribution in [2.45, 2.75) is 20.0 Å². The molecule has 1 N–H and O–H groups in total. The first kappa shape index (κ1) is 36.0. The van der Waals surface area contributed by atoms with Crippen molar-refractivity contribution in [3.63, 3.8) is 0 Å². The first-order valence-corrected chi connectivity index (χ1v) is 15.0. The number of piperazine rings is 1. The minimum absolute atomic E-state index is 0.134. The molecule has 1 amide bonds. The Morgan fingerprint density at radius 3 is 1.60 bits per heavy atom. The number of ether oxygens (including phenoxy) is 7. The van der Waals surface area contributed by atoms with E-state index in [9.17, 15) is 9.59 Å². The van der Waals surface area contributed by atoms with Crippen LogP contribution in [0.5, 0.6) is 0 Å². The van der Waals surface area contributed by atoms with Gasteiger partial charge in [0.1, 0.15) is 12.4 Å². The lowest BCUT2D eigenvalue weighted by atomic mass is 10.2. The van der Waals surface area contributed by atoms with Gasteiger partial charge in [-0.15, -0.1) is 0 Å². The van der Waals surface area contributed by atoms with Gasteiger partial charge in [-0.05, 0) is 12.5 Å². The molecule has 0 atom stereocenters. The van der Waals surface area contributed by atoms with E-state index in [0.29, 0.717) is 92.2 Å². The summed E-state index contributed by atoms with van der Waals surface area (Å²) in [6, 6.07) is 9.56. The van der Waals surface area contributed by atoms with Gasteiger partial charge in [0, 0.05) is 52.2 Å². The Morgan fingerprint density at radius 2 is 1.10 bits per heavy atom. The highest BCUT2D eigenvalue weighted by atomic mass is 16.6. The zero-order valence-corrected chi connectivity index (χ0v) is 25.3. The molecule has 2 rings (SSSR count). The summed E-state index contributed by atoms with van der Waals surface area (Å²) in [5.74, 6) is 0.134. The van der Waals surface area contributed by atoms with Crippen LogP contribution in [0, 0.1) is 0 Å². The molecule has 0 aromatic heterocycles. The number of nitrogens with one attached hydrogen (secondary N) is 1. The van der Waals surface area contributed by atoms with E-state index in [1.54, 1.807) is 6.92 Å². The second kappa shape index (κ2) is 25.3. The Kier molecular flexibility index (Phi) is 21.7. The van der Waals surface area contributed by atoms with E-state index in [1.807, 2.05) is 30.3 Å². The SMILES string of the molecule is CC(=O)CCOCCOCCOCCOCCN1CCN(CCOCCOCCNC(=O)OCc2ccccc2)CC1. The first-order valence-electron chi connectivity index (χ1n) is 15.0. The number of alkyl carbamates (subject to hydrolysis) is 1. The molecule has 1 heterocycles. The Labute approximate surface area is 250 Å². The minimum Gasteiger partial charge on any atom is -0.445 e. The van der Waals surface area contributed by atoms with Crippen LogP contribution in [0.1, 0.15) is 18.9 Å². The number of carbonyl (C=O) groups is 2. The zero-order valence-electron chi connectivity index (χ0n) is 25.3. The maximum atomic E-state index is 11.7. The molecular weight excluding hydrogens is 546 g/mol. The molecule has 0 bridgehead atoms. The molecule has 0 saturated carbocycles. The number of amides is 1. The fourth-order valence-electron chi connectivity index (χ4n) is 3.92. The van der Waals surface area contributed by atoms with E-state index in [0.717, 1.165) is 44.8 Å². The summed E-state index contributed by atoms with van der Waals surface area (Å²) in [6.45, 7) is 14.6. The van der Waals surface area contributed by atoms with Crippen molar-refractivity contribution in [3.05, 3.63) is 35.9 Å². The van der Waals surface area contributed by atoms with Crippen molar-refractivity contribution >= 4 is 11.9 Å². The van der Waals surface area contributed by atoms with Crippen molar-refractivity contribution in [1.29, 1.82) is 0 Å². The molecule has 1 aromatic carbocycles. The van der Waals surface area contributed by atoms with E-state index in [-0.39, 0.29) is 12.4 Å². The van der Waals surface area contributed by atoms with Gasteiger partial charge >= 0.3 is 6.09 Å². The average Bonchev–Trinajstić information content (AvgIpc) is 3.00. The number of nitrogens with zero attached hydrogens (tertiary/aromatic N) is 2. The fourth-order valence-corrected chi connectivity index (χ4v) is 3.92. The van der Waals surface area contributed by atoms with Crippen LogP contribution in [-0.2, 0) is 44.6 Å². The standard InChI is InChI=1S/C30H51N3O9/c1-28(34)7-15-36-19-23-40-25-26-41-24-22-39-18-14-33-11-9-32(10-12-33)13-17-38-21-20-37-16-8-31-30(35)42-27-29-5-3-2-4-6-29/h2-6H,7-27H2,1H3,(H,31,35). The minimum atomic E-state index is -0.448. The summed E-state index contributed by atoms with van der Waals surface area (Å²) in [7, 11) is 0. The Balaban J connectivity index is 1.27. The Morgan fingerprint density at radius 1 is 0.643 bits per heavy atom. The van der Waals surface area contributed by atoms with Crippen LogP contribution in [0.15, 0.2) is 30.3 Å². The Hall–Kier alpha value is -2.16. The molecule has 1 aliphatic rings. The molecule has 0 unspecified atom stereocenters. The van der Waals surface area contributed by atoms with Crippen LogP contribution in [0.3, 0.4) is 0 Å². The summed E-state index contributed by atoms with van der Waals surface area (Å²) < 4.78 is 38.3. The van der Waals surface area contributed by atoms with Crippen LogP contribution in [0.4, 0.5) is 4.79 Å². The number of rotatable bonds is 26. The van der Waals surface area contributed by atoms with Gasteiger partial charge in [-0.25, -0.2) is 4.79 Å². The lowest BCUT2D eigenvalue weighted by molar-refractivity contribution is -0.118. The maximum absolute atomic E-state index is 11.7. The van der Waals surface area contributed by atoms with E-state index in [4.69, 9.17) is 33.2 Å². The topological polar surface area (TPSA) is 117 Å². The largest absolute Gasteiger partial charge is 0.445 e. The van der Waals surface area contributed by atoms with Gasteiger partial charge in [0.15, 0.2) is 0 Å². The van der Waals surface area contributed by atoms with Gasteiger partial charge in [0.05, 0.1) is 79.3 Å². The summed E-state index contributed by atoms with van der Waals surface area (Å²) in [6.07, 6.45) is 0.00296. The second-order valence-corrected chi connectivity index (χ2v) is 9.80. The normalized spacial score (nSPS) is 14.2. The van der Waals surface area contributed by atoms with Crippen molar-refractivity contribution < 1.29 is 42.7 Å². The molecule has 12 heteroatoms. The zero-order chi connectivity index (χ0) is 29.9. The second-order valence-electron chi connectivity index (χ2n) is 9.80. The number of hydrogen-bond donors (Lipinski definition) is 1. The third-order valence-corrected chi connectivity index (χ3v) is 6.38. The van der Waals surface area contributed by atoms with Crippen LogP contribution < -0.4 is 5.32 Å². The summed E-state index contributed by atoms with van der Waals surface area (Å²) in [5.41, 5.74) is 0.951. The number of carbonyl (C=O) groups excluding carboxylic acids is 2. The summed E-state index contributed by atoms with van der Waals surface area (Å²) >= 11 is 0. The predicted molar refractivity (Wildman–Crippen MR) is 158 cm³/mol. The van der Waals surface area contributed by atoms with E-state index < -0.39 is 6.09 Å². The molecule has 1 aliphatic heterocycles. The highest BCUT2D eigenvalue weighted by Gasteiger charge is 2.16. The van der Waals surface area contributed by atoms with Crippen molar-refractivity contribution in [2.75, 3.05) is 125 Å². The number of hydrogen-bond acceptors (Lipinski definition) is 11. The van der Waals surface area contributed by atoms with Gasteiger partial charge in [-0.2, -0.15) is 0 Å². The Bertz CT molecular complexity index is 795. The van der Waals surface area contributed by atoms with Gasteiger partial charge in [0.25, 0.3) is 0 Å². The predicted octanol–water partition coefficient (Wildman–Crippen LogP) is 1.61. The molecule has 12 nitrogen and oxygen atoms in total. The third-order valence-electron chi connectivity index (χ3n) is 6.38. The van der Waals surface area contributed by atoms with Gasteiger partial charge in [-0.1, -0.05) is 30.3 Å². The van der Waals surface area contributed by atoms with Gasteiger partial charge in [-0.3, -0.25) is 14.6 Å².